The van der Waals surface area contributed by atoms with Crippen molar-refractivity contribution in [3.63, 3.8) is 0 Å². The molecule has 1 heterocycles. The van der Waals surface area contributed by atoms with Crippen LogP contribution in [0, 0.1) is 0 Å². The molecule has 0 radical (unpaired) electrons. The summed E-state index contributed by atoms with van der Waals surface area (Å²) in [6.07, 6.45) is -11.2. The molecule has 2 N–H and O–H groups in total. The predicted octanol–water partition coefficient (Wildman–Crippen LogP) is 4.58. The summed E-state index contributed by atoms with van der Waals surface area (Å²) < 4.78 is 78.0. The molecule has 25 heavy (non-hydrogen) atoms. The third kappa shape index (κ3) is 3.26. The number of fused-ring (bicyclic) bond motifs is 1. The van der Waals surface area contributed by atoms with E-state index in [4.69, 9.17) is 0 Å². The number of hydrogen-bond donors (Lipinski definition) is 2. The van der Waals surface area contributed by atoms with E-state index < -0.39 is 41.1 Å². The first-order chi connectivity index (χ1) is 11.6. The van der Waals surface area contributed by atoms with Crippen LogP contribution in [0.2, 0.25) is 0 Å². The Bertz CT molecular complexity index is 828. The molecule has 0 fully saturated rings. The zero-order valence-electron chi connectivity index (χ0n) is 12.3. The highest BCUT2D eigenvalue weighted by atomic mass is 19.4. The molecule has 1 aliphatic heterocycles. The van der Waals surface area contributed by atoms with Crippen LogP contribution in [0.25, 0.3) is 0 Å². The summed E-state index contributed by atoms with van der Waals surface area (Å²) in [4.78, 5) is 12.0. The lowest BCUT2D eigenvalue weighted by molar-refractivity contribution is -0.143. The van der Waals surface area contributed by atoms with Crippen LogP contribution >= 0.6 is 0 Å². The third-order valence-electron chi connectivity index (χ3n) is 3.74. The van der Waals surface area contributed by atoms with Gasteiger partial charge in [-0.1, -0.05) is 18.2 Å². The maximum Gasteiger partial charge on any atom is 0.416 e. The van der Waals surface area contributed by atoms with Gasteiger partial charge in [-0.25, -0.2) is 0 Å². The Morgan fingerprint density at radius 3 is 2.16 bits per heavy atom. The summed E-state index contributed by atoms with van der Waals surface area (Å²) >= 11 is 0. The van der Waals surface area contributed by atoms with Gasteiger partial charge in [0.2, 0.25) is 0 Å². The van der Waals surface area contributed by atoms with Gasteiger partial charge in [0.1, 0.15) is 6.17 Å². The summed E-state index contributed by atoms with van der Waals surface area (Å²) in [5.74, 6) is -0.618. The van der Waals surface area contributed by atoms with Crippen molar-refractivity contribution in [1.29, 1.82) is 0 Å². The van der Waals surface area contributed by atoms with Gasteiger partial charge in [0.25, 0.3) is 5.91 Å². The van der Waals surface area contributed by atoms with Crippen molar-refractivity contribution in [2.24, 2.45) is 0 Å². The molecule has 0 bridgehead atoms. The minimum atomic E-state index is -5.01. The number of para-hydroxylation sites is 1. The van der Waals surface area contributed by atoms with Crippen LogP contribution in [0.1, 0.15) is 33.2 Å². The number of anilines is 1. The summed E-state index contributed by atoms with van der Waals surface area (Å²) in [5.41, 5.74) is -2.84. The van der Waals surface area contributed by atoms with Crippen molar-refractivity contribution in [2.75, 3.05) is 5.32 Å². The van der Waals surface area contributed by atoms with E-state index in [1.165, 1.54) is 12.1 Å². The Morgan fingerprint density at radius 1 is 0.840 bits per heavy atom. The van der Waals surface area contributed by atoms with Gasteiger partial charge in [-0.3, -0.25) is 4.79 Å². The van der Waals surface area contributed by atoms with E-state index in [1.54, 1.807) is 12.1 Å². The van der Waals surface area contributed by atoms with Gasteiger partial charge in [-0.2, -0.15) is 26.3 Å². The number of alkyl halides is 6. The van der Waals surface area contributed by atoms with Crippen LogP contribution in [-0.2, 0) is 12.4 Å². The van der Waals surface area contributed by atoms with Crippen LogP contribution in [0.5, 0.6) is 0 Å². The average Bonchev–Trinajstić information content (AvgIpc) is 2.52. The lowest BCUT2D eigenvalue weighted by Gasteiger charge is -2.30. The highest BCUT2D eigenvalue weighted by Crippen LogP contribution is 2.40. The van der Waals surface area contributed by atoms with Crippen molar-refractivity contribution >= 4 is 11.6 Å². The van der Waals surface area contributed by atoms with Crippen molar-refractivity contribution in [2.45, 2.75) is 18.5 Å². The largest absolute Gasteiger partial charge is 0.416 e. The van der Waals surface area contributed by atoms with E-state index in [-0.39, 0.29) is 11.6 Å². The number of rotatable bonds is 1. The number of carbonyl (C=O) groups excluding carboxylic acids is 1. The van der Waals surface area contributed by atoms with Gasteiger partial charge in [-0.05, 0) is 24.3 Å². The van der Waals surface area contributed by atoms with Crippen molar-refractivity contribution in [3.8, 4) is 0 Å². The summed E-state index contributed by atoms with van der Waals surface area (Å²) in [6.45, 7) is 0. The molecular formula is C16H10F6N2O. The molecule has 0 aromatic heterocycles. The molecule has 3 rings (SSSR count). The molecule has 0 saturated heterocycles. The molecule has 3 nitrogen and oxygen atoms in total. The second kappa shape index (κ2) is 5.68. The van der Waals surface area contributed by atoms with Gasteiger partial charge >= 0.3 is 12.4 Å². The minimum Gasteiger partial charge on any atom is -0.361 e. The van der Waals surface area contributed by atoms with Crippen molar-refractivity contribution < 1.29 is 31.1 Å². The Hall–Kier alpha value is -2.71. The number of amides is 1. The third-order valence-corrected chi connectivity index (χ3v) is 3.74. The lowest BCUT2D eigenvalue weighted by Crippen LogP contribution is -2.39. The normalized spacial score (nSPS) is 17.5. The molecule has 1 aliphatic rings. The molecule has 132 valence electrons. The first-order valence-electron chi connectivity index (χ1n) is 7.02. The number of halogens is 6. The molecular weight excluding hydrogens is 350 g/mol. The molecule has 1 amide bonds. The number of carbonyl (C=O) groups is 1. The molecule has 1 atom stereocenters. The molecule has 2 aromatic carbocycles. The maximum atomic E-state index is 13.3. The summed E-state index contributed by atoms with van der Waals surface area (Å²) in [7, 11) is 0. The fraction of sp³-hybridized carbons (Fsp3) is 0.188. The van der Waals surface area contributed by atoms with E-state index in [9.17, 15) is 31.1 Å². The zero-order chi connectivity index (χ0) is 18.4. The summed E-state index contributed by atoms with van der Waals surface area (Å²) in [5, 5.41) is 5.03. The quantitative estimate of drug-likeness (QED) is 0.731. The predicted molar refractivity (Wildman–Crippen MR) is 76.7 cm³/mol. The molecule has 0 saturated carbocycles. The molecule has 9 heteroatoms. The van der Waals surface area contributed by atoms with Gasteiger partial charge in [0, 0.05) is 11.3 Å². The Labute approximate surface area is 137 Å². The monoisotopic (exact) mass is 360 g/mol. The van der Waals surface area contributed by atoms with Crippen LogP contribution in [0.3, 0.4) is 0 Å². The topological polar surface area (TPSA) is 41.1 Å². The van der Waals surface area contributed by atoms with Crippen molar-refractivity contribution in [1.82, 2.24) is 5.32 Å². The SMILES string of the molecule is O=C1NC(c2ccc(C(F)(F)F)cc2C(F)(F)F)Nc2ccccc21. The second-order valence-electron chi connectivity index (χ2n) is 5.39. The van der Waals surface area contributed by atoms with E-state index >= 15 is 0 Å². The number of benzene rings is 2. The van der Waals surface area contributed by atoms with E-state index in [1.807, 2.05) is 0 Å². The van der Waals surface area contributed by atoms with Gasteiger partial charge < -0.3 is 10.6 Å². The Balaban J connectivity index is 2.07. The molecule has 2 aromatic rings. The van der Waals surface area contributed by atoms with Crippen LogP contribution in [0.15, 0.2) is 42.5 Å². The van der Waals surface area contributed by atoms with Gasteiger partial charge in [0.15, 0.2) is 0 Å². The highest BCUT2D eigenvalue weighted by Gasteiger charge is 2.40. The van der Waals surface area contributed by atoms with Crippen LogP contribution in [0.4, 0.5) is 32.0 Å². The smallest absolute Gasteiger partial charge is 0.361 e. The molecule has 0 spiro atoms. The minimum absolute atomic E-state index is 0.0453. The fourth-order valence-corrected chi connectivity index (χ4v) is 2.59. The van der Waals surface area contributed by atoms with E-state index in [0.29, 0.717) is 11.8 Å². The zero-order valence-corrected chi connectivity index (χ0v) is 12.3. The lowest BCUT2D eigenvalue weighted by atomic mass is 9.98. The highest BCUT2D eigenvalue weighted by molar-refractivity contribution is 6.01. The first-order valence-corrected chi connectivity index (χ1v) is 7.02. The Morgan fingerprint density at radius 2 is 1.52 bits per heavy atom. The maximum absolute atomic E-state index is 13.3. The number of hydrogen-bond acceptors (Lipinski definition) is 2. The first kappa shape index (κ1) is 17.1. The van der Waals surface area contributed by atoms with E-state index in [0.717, 1.165) is 6.07 Å². The fourth-order valence-electron chi connectivity index (χ4n) is 2.59. The Kier molecular flexibility index (Phi) is 3.89. The standard InChI is InChI=1S/C16H10F6N2O/c17-15(18,19)8-5-6-9(11(7-8)16(20,21)22)13-23-12-4-2-1-3-10(12)14(25)24-13/h1-7,13,23H,(H,24,25). The van der Waals surface area contributed by atoms with E-state index in [2.05, 4.69) is 10.6 Å². The van der Waals surface area contributed by atoms with Crippen LogP contribution in [-0.4, -0.2) is 5.91 Å². The number of nitrogens with one attached hydrogen (secondary N) is 2. The van der Waals surface area contributed by atoms with Crippen LogP contribution < -0.4 is 10.6 Å². The van der Waals surface area contributed by atoms with Crippen molar-refractivity contribution in [3.05, 3.63) is 64.7 Å². The molecule has 0 aliphatic carbocycles. The van der Waals surface area contributed by atoms with Gasteiger partial charge in [0.05, 0.1) is 16.7 Å². The second-order valence-corrected chi connectivity index (χ2v) is 5.39. The molecule has 1 unspecified atom stereocenters. The summed E-state index contributed by atoms with van der Waals surface area (Å²) in [6, 6.07) is 7.46. The van der Waals surface area contributed by atoms with Gasteiger partial charge in [-0.15, -0.1) is 0 Å². The average molecular weight is 360 g/mol.